The van der Waals surface area contributed by atoms with E-state index in [1.165, 1.54) is 5.56 Å². The Morgan fingerprint density at radius 1 is 1.33 bits per heavy atom. The van der Waals surface area contributed by atoms with E-state index in [9.17, 15) is 0 Å². The van der Waals surface area contributed by atoms with Crippen LogP contribution in [0.4, 0.5) is 0 Å². The van der Waals surface area contributed by atoms with Gasteiger partial charge in [-0.05, 0) is 18.4 Å². The fourth-order valence-electron chi connectivity index (χ4n) is 1.27. The Kier molecular flexibility index (Phi) is 4.10. The van der Waals surface area contributed by atoms with Gasteiger partial charge in [0.1, 0.15) is 0 Å². The first-order valence-corrected chi connectivity index (χ1v) is 5.40. The molecule has 0 bridgehead atoms. The Morgan fingerprint density at radius 2 is 1.93 bits per heavy atom. The van der Waals surface area contributed by atoms with Crippen molar-refractivity contribution >= 4 is 0 Å². The molecule has 0 spiro atoms. The van der Waals surface area contributed by atoms with Crippen molar-refractivity contribution in [1.82, 2.24) is 0 Å². The fraction of sp³-hybridized carbons (Fsp3) is 0.429. The largest absolute Gasteiger partial charge is 0.366 e. The molecular formula is C14H20O. The summed E-state index contributed by atoms with van der Waals surface area (Å²) in [7, 11) is 0. The fourth-order valence-corrected chi connectivity index (χ4v) is 1.27. The Labute approximate surface area is 92.8 Å². The molecule has 82 valence electrons. The van der Waals surface area contributed by atoms with E-state index >= 15 is 0 Å². The third-order valence-electron chi connectivity index (χ3n) is 2.94. The van der Waals surface area contributed by atoms with E-state index in [4.69, 9.17) is 4.74 Å². The van der Waals surface area contributed by atoms with Crippen LogP contribution in [0.3, 0.4) is 0 Å². The second-order valence-electron chi connectivity index (χ2n) is 4.32. The quantitative estimate of drug-likeness (QED) is 0.663. The number of rotatable bonds is 5. The van der Waals surface area contributed by atoms with Crippen LogP contribution in [0, 0.1) is 5.92 Å². The molecule has 0 saturated carbocycles. The van der Waals surface area contributed by atoms with E-state index in [0.29, 0.717) is 12.5 Å². The standard InChI is InChI=1S/C14H20O/c1-5-14(4,12(2)3)15-11-13-9-7-6-8-10-13/h5-10,12H,1,11H2,2-4H3. The molecule has 0 aliphatic carbocycles. The minimum Gasteiger partial charge on any atom is -0.366 e. The maximum absolute atomic E-state index is 5.91. The molecule has 0 heterocycles. The molecule has 1 aromatic rings. The molecule has 1 nitrogen and oxygen atoms in total. The summed E-state index contributed by atoms with van der Waals surface area (Å²) in [5.74, 6) is 0.429. The van der Waals surface area contributed by atoms with Crippen molar-refractivity contribution in [3.8, 4) is 0 Å². The van der Waals surface area contributed by atoms with Gasteiger partial charge in [0.15, 0.2) is 0 Å². The molecule has 0 saturated heterocycles. The van der Waals surface area contributed by atoms with E-state index in [2.05, 4.69) is 39.5 Å². The van der Waals surface area contributed by atoms with E-state index in [-0.39, 0.29) is 5.60 Å². The molecular weight excluding hydrogens is 184 g/mol. The van der Waals surface area contributed by atoms with E-state index in [1.54, 1.807) is 0 Å². The molecule has 0 aliphatic rings. The summed E-state index contributed by atoms with van der Waals surface area (Å²) in [4.78, 5) is 0. The van der Waals surface area contributed by atoms with Crippen LogP contribution in [0.15, 0.2) is 43.0 Å². The van der Waals surface area contributed by atoms with Crippen molar-refractivity contribution in [2.45, 2.75) is 33.0 Å². The maximum Gasteiger partial charge on any atom is 0.0859 e. The van der Waals surface area contributed by atoms with Crippen molar-refractivity contribution in [2.24, 2.45) is 5.92 Å². The van der Waals surface area contributed by atoms with Crippen LogP contribution in [-0.2, 0) is 11.3 Å². The smallest absolute Gasteiger partial charge is 0.0859 e. The molecule has 1 unspecified atom stereocenters. The topological polar surface area (TPSA) is 9.23 Å². The second kappa shape index (κ2) is 5.13. The Morgan fingerprint density at radius 3 is 2.40 bits per heavy atom. The zero-order chi connectivity index (χ0) is 11.3. The number of hydrogen-bond donors (Lipinski definition) is 0. The highest BCUT2D eigenvalue weighted by Gasteiger charge is 2.25. The van der Waals surface area contributed by atoms with Crippen molar-refractivity contribution < 1.29 is 4.74 Å². The first-order chi connectivity index (χ1) is 7.08. The van der Waals surface area contributed by atoms with Crippen LogP contribution in [-0.4, -0.2) is 5.60 Å². The lowest BCUT2D eigenvalue weighted by molar-refractivity contribution is -0.0381. The highest BCUT2D eigenvalue weighted by atomic mass is 16.5. The van der Waals surface area contributed by atoms with Crippen molar-refractivity contribution in [3.63, 3.8) is 0 Å². The lowest BCUT2D eigenvalue weighted by atomic mass is 9.92. The summed E-state index contributed by atoms with van der Waals surface area (Å²) in [6, 6.07) is 10.2. The number of ether oxygens (including phenoxy) is 1. The van der Waals surface area contributed by atoms with Crippen LogP contribution < -0.4 is 0 Å². The average molecular weight is 204 g/mol. The molecule has 0 amide bonds. The van der Waals surface area contributed by atoms with Crippen LogP contribution in [0.2, 0.25) is 0 Å². The van der Waals surface area contributed by atoms with Gasteiger partial charge in [-0.1, -0.05) is 50.3 Å². The highest BCUT2D eigenvalue weighted by molar-refractivity contribution is 5.13. The monoisotopic (exact) mass is 204 g/mol. The summed E-state index contributed by atoms with van der Waals surface area (Å²) in [6.07, 6.45) is 1.89. The predicted octanol–water partition coefficient (Wildman–Crippen LogP) is 3.80. The van der Waals surface area contributed by atoms with Gasteiger partial charge in [0.25, 0.3) is 0 Å². The Hall–Kier alpha value is -1.08. The average Bonchev–Trinajstić information content (AvgIpc) is 2.27. The van der Waals surface area contributed by atoms with Crippen LogP contribution in [0.25, 0.3) is 0 Å². The Balaban J connectivity index is 2.59. The van der Waals surface area contributed by atoms with Gasteiger partial charge in [-0.25, -0.2) is 0 Å². The van der Waals surface area contributed by atoms with Gasteiger partial charge in [0.05, 0.1) is 12.2 Å². The molecule has 15 heavy (non-hydrogen) atoms. The summed E-state index contributed by atoms with van der Waals surface area (Å²) in [6.45, 7) is 10.8. The van der Waals surface area contributed by atoms with Gasteiger partial charge in [-0.15, -0.1) is 6.58 Å². The van der Waals surface area contributed by atoms with Gasteiger partial charge in [-0.2, -0.15) is 0 Å². The number of benzene rings is 1. The van der Waals surface area contributed by atoms with Gasteiger partial charge in [0.2, 0.25) is 0 Å². The lowest BCUT2D eigenvalue weighted by Gasteiger charge is -2.30. The minimum atomic E-state index is -0.240. The van der Waals surface area contributed by atoms with Crippen LogP contribution in [0.5, 0.6) is 0 Å². The third kappa shape index (κ3) is 3.21. The third-order valence-corrected chi connectivity index (χ3v) is 2.94. The molecule has 0 fully saturated rings. The minimum absolute atomic E-state index is 0.240. The maximum atomic E-state index is 5.91. The molecule has 1 rings (SSSR count). The number of hydrogen-bond acceptors (Lipinski definition) is 1. The van der Waals surface area contributed by atoms with E-state index < -0.39 is 0 Å². The van der Waals surface area contributed by atoms with E-state index in [1.807, 2.05) is 24.3 Å². The predicted molar refractivity (Wildman–Crippen MR) is 64.7 cm³/mol. The van der Waals surface area contributed by atoms with Gasteiger partial charge in [-0.3, -0.25) is 0 Å². The summed E-state index contributed by atoms with van der Waals surface area (Å²) in [5, 5.41) is 0. The van der Waals surface area contributed by atoms with Gasteiger partial charge < -0.3 is 4.74 Å². The second-order valence-corrected chi connectivity index (χ2v) is 4.32. The molecule has 0 radical (unpaired) electrons. The molecule has 1 heteroatoms. The van der Waals surface area contributed by atoms with Crippen LogP contribution >= 0.6 is 0 Å². The summed E-state index contributed by atoms with van der Waals surface area (Å²) >= 11 is 0. The Bertz CT molecular complexity index is 302. The zero-order valence-electron chi connectivity index (χ0n) is 9.86. The van der Waals surface area contributed by atoms with Gasteiger partial charge in [0, 0.05) is 0 Å². The normalized spacial score (nSPS) is 14.9. The molecule has 0 aromatic heterocycles. The van der Waals surface area contributed by atoms with Gasteiger partial charge >= 0.3 is 0 Å². The molecule has 1 atom stereocenters. The van der Waals surface area contributed by atoms with E-state index in [0.717, 1.165) is 0 Å². The summed E-state index contributed by atoms with van der Waals surface area (Å²) < 4.78 is 5.91. The molecule has 0 aliphatic heterocycles. The van der Waals surface area contributed by atoms with Crippen molar-refractivity contribution in [1.29, 1.82) is 0 Å². The molecule has 1 aromatic carbocycles. The lowest BCUT2D eigenvalue weighted by Crippen LogP contribution is -2.32. The van der Waals surface area contributed by atoms with Crippen molar-refractivity contribution in [2.75, 3.05) is 0 Å². The van der Waals surface area contributed by atoms with Crippen molar-refractivity contribution in [3.05, 3.63) is 48.6 Å². The first-order valence-electron chi connectivity index (χ1n) is 5.40. The SMILES string of the molecule is C=CC(C)(OCc1ccccc1)C(C)C. The zero-order valence-corrected chi connectivity index (χ0v) is 9.86. The molecule has 0 N–H and O–H groups in total. The summed E-state index contributed by atoms with van der Waals surface area (Å²) in [5.41, 5.74) is 0.960. The highest BCUT2D eigenvalue weighted by Crippen LogP contribution is 2.23. The first kappa shape index (κ1) is 12.0. The van der Waals surface area contributed by atoms with Crippen LogP contribution in [0.1, 0.15) is 26.3 Å².